The second-order valence-corrected chi connectivity index (χ2v) is 2.01. The molecule has 0 aliphatic rings. The Morgan fingerprint density at radius 1 is 1.20 bits per heavy atom. The molecule has 0 bridgehead atoms. The first kappa shape index (κ1) is 9.88. The Morgan fingerprint density at radius 3 is 2.60 bits per heavy atom. The summed E-state index contributed by atoms with van der Waals surface area (Å²) in [5.74, 6) is 0. The fourth-order valence-electron chi connectivity index (χ4n) is 0.550. The Labute approximate surface area is 62.5 Å². The van der Waals surface area contributed by atoms with Crippen molar-refractivity contribution in [1.29, 1.82) is 0 Å². The molecule has 0 aromatic carbocycles. The van der Waals surface area contributed by atoms with E-state index in [-0.39, 0.29) is 0 Å². The van der Waals surface area contributed by atoms with E-state index in [9.17, 15) is 0 Å². The van der Waals surface area contributed by atoms with Gasteiger partial charge in [-0.2, -0.15) is 0 Å². The number of rotatable bonds is 7. The van der Waals surface area contributed by atoms with E-state index >= 15 is 0 Å². The second kappa shape index (κ2) is 8.88. The third kappa shape index (κ3) is 7.88. The first-order valence-corrected chi connectivity index (χ1v) is 3.77. The van der Waals surface area contributed by atoms with E-state index in [2.05, 4.69) is 0 Å². The van der Waals surface area contributed by atoms with Crippen molar-refractivity contribution < 1.29 is 9.47 Å². The molecule has 0 atom stereocenters. The Bertz CT molecular complexity index is 51.6. The lowest BCUT2D eigenvalue weighted by Gasteiger charge is -2.01. The van der Waals surface area contributed by atoms with Crippen LogP contribution in [0.5, 0.6) is 0 Å². The molecule has 0 aliphatic heterocycles. The van der Waals surface area contributed by atoms with Crippen LogP contribution in [0.2, 0.25) is 0 Å². The van der Waals surface area contributed by atoms with E-state index in [4.69, 9.17) is 15.2 Å². The molecule has 10 heavy (non-hydrogen) atoms. The van der Waals surface area contributed by atoms with E-state index in [1.165, 1.54) is 0 Å². The Hall–Kier alpha value is -0.120. The van der Waals surface area contributed by atoms with Crippen LogP contribution in [0.3, 0.4) is 0 Å². The molecule has 0 radical (unpaired) electrons. The summed E-state index contributed by atoms with van der Waals surface area (Å²) in [5, 5.41) is 0. The molecule has 3 nitrogen and oxygen atoms in total. The zero-order valence-electron chi connectivity index (χ0n) is 6.64. The van der Waals surface area contributed by atoms with Gasteiger partial charge in [-0.05, 0) is 26.3 Å². The molecule has 0 rings (SSSR count). The fourth-order valence-corrected chi connectivity index (χ4v) is 0.550. The summed E-state index contributed by atoms with van der Waals surface area (Å²) in [6.07, 6.45) is 2.07. The molecule has 0 spiro atoms. The summed E-state index contributed by atoms with van der Waals surface area (Å²) in [4.78, 5) is 0. The molecule has 0 aromatic rings. The minimum atomic E-state index is 0.418. The summed E-state index contributed by atoms with van der Waals surface area (Å²) in [7, 11) is 0. The van der Waals surface area contributed by atoms with Crippen molar-refractivity contribution in [3.63, 3.8) is 0 Å². The average molecular weight is 147 g/mol. The van der Waals surface area contributed by atoms with Gasteiger partial charge in [0, 0.05) is 13.2 Å². The van der Waals surface area contributed by atoms with Crippen LogP contribution in [0.15, 0.2) is 0 Å². The number of hydrogen-bond acceptors (Lipinski definition) is 3. The summed E-state index contributed by atoms with van der Waals surface area (Å²) >= 11 is 0. The summed E-state index contributed by atoms with van der Waals surface area (Å²) in [6.45, 7) is 4.59. The lowest BCUT2D eigenvalue weighted by Crippen LogP contribution is -2.04. The molecule has 62 valence electrons. The van der Waals surface area contributed by atoms with Crippen LogP contribution in [-0.2, 0) is 9.47 Å². The van der Waals surface area contributed by atoms with Gasteiger partial charge >= 0.3 is 0 Å². The maximum absolute atomic E-state index is 5.28. The standard InChI is InChI=1S/C7H17NO2/c1-2-9-7-10-6-4-3-5-8/h2-8H2,1H3. The average Bonchev–Trinajstić information content (AvgIpc) is 1.97. The zero-order valence-corrected chi connectivity index (χ0v) is 6.64. The van der Waals surface area contributed by atoms with Crippen molar-refractivity contribution in [2.24, 2.45) is 5.73 Å². The van der Waals surface area contributed by atoms with Crippen LogP contribution in [0, 0.1) is 0 Å². The van der Waals surface area contributed by atoms with Gasteiger partial charge in [0.2, 0.25) is 0 Å². The van der Waals surface area contributed by atoms with E-state index in [1.807, 2.05) is 6.92 Å². The number of unbranched alkanes of at least 4 members (excludes halogenated alkanes) is 1. The van der Waals surface area contributed by atoms with Crippen LogP contribution in [0.4, 0.5) is 0 Å². The summed E-state index contributed by atoms with van der Waals surface area (Å²) < 4.78 is 10.1. The van der Waals surface area contributed by atoms with Crippen molar-refractivity contribution in [1.82, 2.24) is 0 Å². The van der Waals surface area contributed by atoms with Crippen LogP contribution < -0.4 is 5.73 Å². The molecule has 0 saturated heterocycles. The lowest BCUT2D eigenvalue weighted by atomic mass is 10.3. The summed E-state index contributed by atoms with van der Waals surface area (Å²) in [6, 6.07) is 0. The van der Waals surface area contributed by atoms with Gasteiger partial charge in [0.1, 0.15) is 6.79 Å². The van der Waals surface area contributed by atoms with Gasteiger partial charge in [-0.15, -0.1) is 0 Å². The van der Waals surface area contributed by atoms with Gasteiger partial charge in [0.15, 0.2) is 0 Å². The maximum atomic E-state index is 5.28. The third-order valence-electron chi connectivity index (χ3n) is 1.11. The summed E-state index contributed by atoms with van der Waals surface area (Å²) in [5.41, 5.74) is 5.28. The molecular weight excluding hydrogens is 130 g/mol. The molecule has 0 aliphatic carbocycles. The molecule has 0 aromatic heterocycles. The molecule has 2 N–H and O–H groups in total. The quantitative estimate of drug-likeness (QED) is 0.426. The van der Waals surface area contributed by atoms with E-state index < -0.39 is 0 Å². The smallest absolute Gasteiger partial charge is 0.146 e. The highest BCUT2D eigenvalue weighted by atomic mass is 16.7. The van der Waals surface area contributed by atoms with Gasteiger partial charge in [-0.3, -0.25) is 0 Å². The van der Waals surface area contributed by atoms with Crippen LogP contribution in [0.1, 0.15) is 19.8 Å². The molecule has 3 heteroatoms. The Balaban J connectivity index is 2.65. The van der Waals surface area contributed by atoms with Gasteiger partial charge < -0.3 is 15.2 Å². The van der Waals surface area contributed by atoms with Crippen molar-refractivity contribution in [2.45, 2.75) is 19.8 Å². The highest BCUT2D eigenvalue weighted by Crippen LogP contribution is 1.87. The molecule has 0 saturated carbocycles. The topological polar surface area (TPSA) is 44.5 Å². The highest BCUT2D eigenvalue weighted by molar-refractivity contribution is 4.37. The molecular formula is C7H17NO2. The maximum Gasteiger partial charge on any atom is 0.146 e. The number of nitrogens with two attached hydrogens (primary N) is 1. The predicted octanol–water partition coefficient (Wildman–Crippen LogP) is 0.736. The van der Waals surface area contributed by atoms with E-state index in [0.29, 0.717) is 6.79 Å². The van der Waals surface area contributed by atoms with Crippen LogP contribution >= 0.6 is 0 Å². The van der Waals surface area contributed by atoms with Gasteiger partial charge in [0.25, 0.3) is 0 Å². The van der Waals surface area contributed by atoms with E-state index in [0.717, 1.165) is 32.6 Å². The molecule has 0 fully saturated rings. The minimum Gasteiger partial charge on any atom is -0.356 e. The monoisotopic (exact) mass is 147 g/mol. The Kier molecular flexibility index (Phi) is 8.77. The Morgan fingerprint density at radius 2 is 2.00 bits per heavy atom. The molecule has 0 heterocycles. The van der Waals surface area contributed by atoms with Gasteiger partial charge in [0.05, 0.1) is 0 Å². The second-order valence-electron chi connectivity index (χ2n) is 2.01. The highest BCUT2D eigenvalue weighted by Gasteiger charge is 1.86. The van der Waals surface area contributed by atoms with Crippen LogP contribution in [-0.4, -0.2) is 26.6 Å². The first-order valence-electron chi connectivity index (χ1n) is 3.77. The predicted molar refractivity (Wildman–Crippen MR) is 40.7 cm³/mol. The fraction of sp³-hybridized carbons (Fsp3) is 1.00. The minimum absolute atomic E-state index is 0.418. The molecule has 0 amide bonds. The van der Waals surface area contributed by atoms with Gasteiger partial charge in [-0.1, -0.05) is 0 Å². The van der Waals surface area contributed by atoms with Crippen molar-refractivity contribution in [3.8, 4) is 0 Å². The normalized spacial score (nSPS) is 10.2. The first-order chi connectivity index (χ1) is 4.91. The van der Waals surface area contributed by atoms with Crippen molar-refractivity contribution in [3.05, 3.63) is 0 Å². The number of hydrogen-bond donors (Lipinski definition) is 1. The largest absolute Gasteiger partial charge is 0.356 e. The van der Waals surface area contributed by atoms with E-state index in [1.54, 1.807) is 0 Å². The van der Waals surface area contributed by atoms with Crippen LogP contribution in [0.25, 0.3) is 0 Å². The van der Waals surface area contributed by atoms with Gasteiger partial charge in [-0.25, -0.2) is 0 Å². The molecule has 0 unspecified atom stereocenters. The lowest BCUT2D eigenvalue weighted by molar-refractivity contribution is -0.0500. The number of ether oxygens (including phenoxy) is 2. The SMILES string of the molecule is CCOCOCCCCN. The zero-order chi connectivity index (χ0) is 7.66. The van der Waals surface area contributed by atoms with Crippen molar-refractivity contribution >= 4 is 0 Å². The van der Waals surface area contributed by atoms with Crippen molar-refractivity contribution in [2.75, 3.05) is 26.6 Å². The third-order valence-corrected chi connectivity index (χ3v) is 1.11.